The fraction of sp³-hybridized carbons (Fsp3) is 0.818. The molecular formula is C22H36N4O2. The van der Waals surface area contributed by atoms with Crippen LogP contribution >= 0.6 is 0 Å². The summed E-state index contributed by atoms with van der Waals surface area (Å²) in [4.78, 5) is 14.9. The largest absolute Gasteiger partial charge is 0.376 e. The maximum Gasteiger partial charge on any atom is 0.318 e. The third-order valence-electron chi connectivity index (χ3n) is 6.39. The second kappa shape index (κ2) is 8.05. The van der Waals surface area contributed by atoms with Crippen molar-refractivity contribution in [2.24, 2.45) is 5.92 Å². The molecule has 0 spiro atoms. The van der Waals surface area contributed by atoms with Crippen LogP contribution < -0.4 is 5.32 Å². The van der Waals surface area contributed by atoms with E-state index in [2.05, 4.69) is 10.00 Å². The van der Waals surface area contributed by atoms with Crippen molar-refractivity contribution < 1.29 is 9.53 Å². The van der Waals surface area contributed by atoms with E-state index >= 15 is 0 Å². The number of aromatic nitrogens is 2. The summed E-state index contributed by atoms with van der Waals surface area (Å²) in [6.07, 6.45) is 9.70. The molecule has 3 aliphatic rings. The highest BCUT2D eigenvalue weighted by Crippen LogP contribution is 2.37. The van der Waals surface area contributed by atoms with Gasteiger partial charge in [-0.1, -0.05) is 19.3 Å². The fourth-order valence-corrected chi connectivity index (χ4v) is 5.05. The molecule has 1 aliphatic carbocycles. The number of urea groups is 1. The summed E-state index contributed by atoms with van der Waals surface area (Å²) in [6.45, 7) is 9.35. The van der Waals surface area contributed by atoms with Crippen LogP contribution in [0.15, 0.2) is 0 Å². The average Bonchev–Trinajstić information content (AvgIpc) is 3.26. The molecule has 1 atom stereocenters. The number of amides is 2. The number of likely N-dealkylation sites (tertiary alicyclic amines) is 1. The molecule has 2 amide bonds. The lowest BCUT2D eigenvalue weighted by Crippen LogP contribution is -2.48. The molecule has 2 aliphatic heterocycles. The minimum absolute atomic E-state index is 0.0299. The van der Waals surface area contributed by atoms with Crippen LogP contribution in [0.25, 0.3) is 0 Å². The van der Waals surface area contributed by atoms with Gasteiger partial charge in [0.1, 0.15) is 0 Å². The van der Waals surface area contributed by atoms with Crippen molar-refractivity contribution in [2.45, 2.75) is 96.9 Å². The fourth-order valence-electron chi connectivity index (χ4n) is 5.05. The first kappa shape index (κ1) is 19.7. The highest BCUT2D eigenvalue weighted by atomic mass is 16.5. The molecule has 1 saturated heterocycles. The second-order valence-corrected chi connectivity index (χ2v) is 9.83. The summed E-state index contributed by atoms with van der Waals surface area (Å²) in [6, 6.07) is 0.104. The zero-order valence-corrected chi connectivity index (χ0v) is 17.8. The van der Waals surface area contributed by atoms with E-state index in [4.69, 9.17) is 9.84 Å². The van der Waals surface area contributed by atoms with Crippen molar-refractivity contribution in [3.05, 3.63) is 17.0 Å². The highest BCUT2D eigenvalue weighted by molar-refractivity contribution is 5.75. The molecule has 1 saturated carbocycles. The third kappa shape index (κ3) is 4.22. The Kier molecular flexibility index (Phi) is 5.68. The lowest BCUT2D eigenvalue weighted by molar-refractivity contribution is 0.106. The first-order valence-corrected chi connectivity index (χ1v) is 11.2. The molecule has 156 valence electrons. The molecule has 28 heavy (non-hydrogen) atoms. The van der Waals surface area contributed by atoms with E-state index in [9.17, 15) is 4.79 Å². The van der Waals surface area contributed by atoms with E-state index in [1.165, 1.54) is 43.4 Å². The Labute approximate surface area is 169 Å². The lowest BCUT2D eigenvalue weighted by Gasteiger charge is -2.29. The van der Waals surface area contributed by atoms with Crippen LogP contribution in [-0.2, 0) is 24.3 Å². The minimum Gasteiger partial charge on any atom is -0.376 e. The van der Waals surface area contributed by atoms with Crippen molar-refractivity contribution in [2.75, 3.05) is 13.2 Å². The number of rotatable bonds is 3. The number of carbonyl (C=O) groups excluding carboxylic acids is 1. The summed E-state index contributed by atoms with van der Waals surface area (Å²) in [5, 5.41) is 8.25. The van der Waals surface area contributed by atoms with Crippen molar-refractivity contribution in [3.8, 4) is 0 Å². The van der Waals surface area contributed by atoms with Crippen LogP contribution in [0.4, 0.5) is 4.79 Å². The molecule has 3 heterocycles. The van der Waals surface area contributed by atoms with E-state index in [1.807, 2.05) is 25.7 Å². The van der Waals surface area contributed by atoms with Gasteiger partial charge in [0.15, 0.2) is 0 Å². The van der Waals surface area contributed by atoms with Crippen molar-refractivity contribution in [1.82, 2.24) is 20.0 Å². The van der Waals surface area contributed by atoms with Gasteiger partial charge in [-0.05, 0) is 52.4 Å². The molecule has 1 aromatic rings. The molecule has 6 heteroatoms. The SMILES string of the molecule is CC(C)(C)NC(=O)N1CCCC1c1nn(CC2CCCCC2)c2c1COCC2. The molecule has 1 aromatic heterocycles. The maximum atomic E-state index is 12.9. The average molecular weight is 389 g/mol. The van der Waals surface area contributed by atoms with Crippen LogP contribution in [0.3, 0.4) is 0 Å². The quantitative estimate of drug-likeness (QED) is 0.845. The van der Waals surface area contributed by atoms with Crippen LogP contribution in [0.5, 0.6) is 0 Å². The van der Waals surface area contributed by atoms with E-state index in [1.54, 1.807) is 0 Å². The van der Waals surface area contributed by atoms with Crippen LogP contribution in [0.1, 0.15) is 88.7 Å². The summed E-state index contributed by atoms with van der Waals surface area (Å²) in [5.74, 6) is 0.748. The van der Waals surface area contributed by atoms with E-state index in [0.29, 0.717) is 6.61 Å². The Hall–Kier alpha value is -1.56. The van der Waals surface area contributed by atoms with Crippen LogP contribution in [0, 0.1) is 5.92 Å². The predicted octanol–water partition coefficient (Wildman–Crippen LogP) is 4.18. The second-order valence-electron chi connectivity index (χ2n) is 9.83. The van der Waals surface area contributed by atoms with E-state index in [0.717, 1.165) is 50.6 Å². The zero-order valence-electron chi connectivity index (χ0n) is 17.8. The van der Waals surface area contributed by atoms with E-state index in [-0.39, 0.29) is 17.6 Å². The number of ether oxygens (including phenoxy) is 1. The molecule has 0 radical (unpaired) electrons. The van der Waals surface area contributed by atoms with Gasteiger partial charge in [-0.3, -0.25) is 4.68 Å². The van der Waals surface area contributed by atoms with Gasteiger partial charge in [0, 0.05) is 36.3 Å². The normalized spacial score (nSPS) is 23.7. The Balaban J connectivity index is 1.58. The molecular weight excluding hydrogens is 352 g/mol. The third-order valence-corrected chi connectivity index (χ3v) is 6.39. The number of carbonyl (C=O) groups is 1. The Bertz CT molecular complexity index is 700. The van der Waals surface area contributed by atoms with Gasteiger partial charge in [0.05, 0.1) is 24.9 Å². The summed E-state index contributed by atoms with van der Waals surface area (Å²) in [7, 11) is 0. The lowest BCUT2D eigenvalue weighted by atomic mass is 9.89. The maximum absolute atomic E-state index is 12.9. The standard InChI is InChI=1S/C22H36N4O2/c1-22(2,3)23-21(27)25-12-7-10-19(25)20-17-15-28-13-11-18(17)26(24-20)14-16-8-5-4-6-9-16/h16,19H,4-15H2,1-3H3,(H,23,27). The zero-order chi connectivity index (χ0) is 19.7. The van der Waals surface area contributed by atoms with Gasteiger partial charge in [0.25, 0.3) is 0 Å². The van der Waals surface area contributed by atoms with Gasteiger partial charge < -0.3 is 15.0 Å². The summed E-state index contributed by atoms with van der Waals surface area (Å²) >= 11 is 0. The van der Waals surface area contributed by atoms with Gasteiger partial charge in [0.2, 0.25) is 0 Å². The van der Waals surface area contributed by atoms with Crippen LogP contribution in [0.2, 0.25) is 0 Å². The van der Waals surface area contributed by atoms with Gasteiger partial charge in [-0.2, -0.15) is 5.10 Å². The first-order chi connectivity index (χ1) is 13.4. The number of hydrogen-bond donors (Lipinski definition) is 1. The van der Waals surface area contributed by atoms with Crippen molar-refractivity contribution in [3.63, 3.8) is 0 Å². The van der Waals surface area contributed by atoms with E-state index < -0.39 is 0 Å². The Morgan fingerprint density at radius 3 is 2.71 bits per heavy atom. The summed E-state index contributed by atoms with van der Waals surface area (Å²) < 4.78 is 8.08. The molecule has 1 N–H and O–H groups in total. The number of nitrogens with zero attached hydrogens (tertiary/aromatic N) is 3. The molecule has 0 aromatic carbocycles. The molecule has 0 bridgehead atoms. The Morgan fingerprint density at radius 2 is 1.96 bits per heavy atom. The number of fused-ring (bicyclic) bond motifs is 1. The van der Waals surface area contributed by atoms with Crippen molar-refractivity contribution >= 4 is 6.03 Å². The smallest absolute Gasteiger partial charge is 0.318 e. The first-order valence-electron chi connectivity index (χ1n) is 11.2. The molecule has 6 nitrogen and oxygen atoms in total. The number of hydrogen-bond acceptors (Lipinski definition) is 3. The molecule has 4 rings (SSSR count). The summed E-state index contributed by atoms with van der Waals surface area (Å²) in [5.41, 5.74) is 3.47. The topological polar surface area (TPSA) is 59.4 Å². The minimum atomic E-state index is -0.229. The molecule has 1 unspecified atom stereocenters. The Morgan fingerprint density at radius 1 is 1.18 bits per heavy atom. The van der Waals surface area contributed by atoms with Crippen molar-refractivity contribution in [1.29, 1.82) is 0 Å². The van der Waals surface area contributed by atoms with Gasteiger partial charge >= 0.3 is 6.03 Å². The predicted molar refractivity (Wildman–Crippen MR) is 109 cm³/mol. The van der Waals surface area contributed by atoms with Crippen LogP contribution in [-0.4, -0.2) is 39.4 Å². The van der Waals surface area contributed by atoms with Gasteiger partial charge in [-0.25, -0.2) is 4.79 Å². The highest BCUT2D eigenvalue weighted by Gasteiger charge is 2.36. The van der Waals surface area contributed by atoms with Gasteiger partial charge in [-0.15, -0.1) is 0 Å². The monoisotopic (exact) mass is 388 g/mol. The molecule has 2 fully saturated rings. The number of nitrogens with one attached hydrogen (secondary N) is 1.